The average Bonchev–Trinajstić information content (AvgIpc) is 3.13. The standard InChI is InChI=1S/C11H12F3N3O4S.ClH/c12-11(13,14)7-1-2-9(8(5-7)17(18)19)22(20,21)16-6-10(15)3-4-10;/h1-2,5,16H,3-4,6,15H2;1H. The minimum Gasteiger partial charge on any atom is -0.324 e. The highest BCUT2D eigenvalue weighted by molar-refractivity contribution is 7.89. The number of nitrogens with one attached hydrogen (secondary N) is 1. The molecule has 1 saturated carbocycles. The van der Waals surface area contributed by atoms with Crippen LogP contribution in [0.4, 0.5) is 18.9 Å². The van der Waals surface area contributed by atoms with Gasteiger partial charge in [-0.3, -0.25) is 10.1 Å². The highest BCUT2D eigenvalue weighted by atomic mass is 35.5. The van der Waals surface area contributed by atoms with E-state index in [1.165, 1.54) is 0 Å². The van der Waals surface area contributed by atoms with Crippen molar-refractivity contribution in [2.45, 2.75) is 29.5 Å². The Kier molecular flexibility index (Phi) is 5.31. The molecule has 0 amide bonds. The minimum atomic E-state index is -4.81. The van der Waals surface area contributed by atoms with E-state index in [9.17, 15) is 31.7 Å². The molecule has 7 nitrogen and oxygen atoms in total. The van der Waals surface area contributed by atoms with E-state index in [1.807, 2.05) is 0 Å². The molecule has 12 heteroatoms. The van der Waals surface area contributed by atoms with Crippen LogP contribution in [0.5, 0.6) is 0 Å². The Hall–Kier alpha value is -1.43. The van der Waals surface area contributed by atoms with Crippen molar-refractivity contribution in [1.82, 2.24) is 4.72 Å². The summed E-state index contributed by atoms with van der Waals surface area (Å²) >= 11 is 0. The fraction of sp³-hybridized carbons (Fsp3) is 0.455. The van der Waals surface area contributed by atoms with Crippen molar-refractivity contribution >= 4 is 28.1 Å². The van der Waals surface area contributed by atoms with E-state index in [0.29, 0.717) is 25.0 Å². The molecule has 0 unspecified atom stereocenters. The van der Waals surface area contributed by atoms with Gasteiger partial charge in [0.25, 0.3) is 5.69 Å². The lowest BCUT2D eigenvalue weighted by molar-refractivity contribution is -0.388. The molecule has 130 valence electrons. The molecule has 0 saturated heterocycles. The number of nitrogens with two attached hydrogens (primary N) is 1. The number of nitrogens with zero attached hydrogens (tertiary/aromatic N) is 1. The number of sulfonamides is 1. The van der Waals surface area contributed by atoms with Gasteiger partial charge in [0, 0.05) is 18.2 Å². The first kappa shape index (κ1) is 19.6. The van der Waals surface area contributed by atoms with Gasteiger partial charge >= 0.3 is 6.18 Å². The van der Waals surface area contributed by atoms with E-state index < -0.39 is 42.8 Å². The van der Waals surface area contributed by atoms with E-state index >= 15 is 0 Å². The predicted octanol–water partition coefficient (Wildman–Crippen LogP) is 1.81. The second kappa shape index (κ2) is 6.23. The van der Waals surface area contributed by atoms with Crippen LogP contribution >= 0.6 is 12.4 Å². The average molecular weight is 376 g/mol. The lowest BCUT2D eigenvalue weighted by Gasteiger charge is -2.12. The van der Waals surface area contributed by atoms with Crippen LogP contribution < -0.4 is 10.5 Å². The number of hydrogen-bond acceptors (Lipinski definition) is 5. The molecule has 0 radical (unpaired) electrons. The van der Waals surface area contributed by atoms with Crippen LogP contribution in [0.3, 0.4) is 0 Å². The van der Waals surface area contributed by atoms with Crippen LogP contribution in [0, 0.1) is 10.1 Å². The maximum absolute atomic E-state index is 12.6. The summed E-state index contributed by atoms with van der Waals surface area (Å²) in [5.74, 6) is 0. The van der Waals surface area contributed by atoms with Crippen molar-refractivity contribution in [3.05, 3.63) is 33.9 Å². The number of nitro groups is 1. The van der Waals surface area contributed by atoms with Gasteiger partial charge in [0.1, 0.15) is 0 Å². The first-order valence-corrected chi connectivity index (χ1v) is 7.57. The molecule has 2 rings (SSSR count). The van der Waals surface area contributed by atoms with Crippen molar-refractivity contribution in [1.29, 1.82) is 0 Å². The van der Waals surface area contributed by atoms with Gasteiger partial charge in [0.15, 0.2) is 4.90 Å². The number of rotatable bonds is 5. The van der Waals surface area contributed by atoms with Crippen LogP contribution in [0.1, 0.15) is 18.4 Å². The van der Waals surface area contributed by atoms with Gasteiger partial charge in [-0.1, -0.05) is 0 Å². The van der Waals surface area contributed by atoms with E-state index in [2.05, 4.69) is 4.72 Å². The molecular weight excluding hydrogens is 363 g/mol. The molecule has 0 aromatic heterocycles. The third-order valence-corrected chi connectivity index (χ3v) is 4.73. The Labute approximate surface area is 135 Å². The highest BCUT2D eigenvalue weighted by Gasteiger charge is 2.40. The van der Waals surface area contributed by atoms with Crippen LogP contribution in [0.15, 0.2) is 23.1 Å². The summed E-state index contributed by atoms with van der Waals surface area (Å²) in [4.78, 5) is 8.89. The number of nitro benzene ring substituents is 1. The Bertz CT molecular complexity index is 720. The van der Waals surface area contributed by atoms with E-state index in [-0.39, 0.29) is 25.0 Å². The van der Waals surface area contributed by atoms with Crippen molar-refractivity contribution in [3.63, 3.8) is 0 Å². The number of hydrogen-bond donors (Lipinski definition) is 2. The van der Waals surface area contributed by atoms with Crippen molar-refractivity contribution in [3.8, 4) is 0 Å². The second-order valence-electron chi connectivity index (χ2n) is 5.12. The Morgan fingerprint density at radius 2 is 1.91 bits per heavy atom. The van der Waals surface area contributed by atoms with Crippen molar-refractivity contribution < 1.29 is 26.5 Å². The maximum Gasteiger partial charge on any atom is 0.416 e. The summed E-state index contributed by atoms with van der Waals surface area (Å²) in [5.41, 5.74) is 2.58. The zero-order valence-corrected chi connectivity index (χ0v) is 13.1. The van der Waals surface area contributed by atoms with Gasteiger partial charge in [-0.2, -0.15) is 13.2 Å². The molecule has 1 fully saturated rings. The monoisotopic (exact) mass is 375 g/mol. The highest BCUT2D eigenvalue weighted by Crippen LogP contribution is 2.35. The Morgan fingerprint density at radius 1 is 1.35 bits per heavy atom. The van der Waals surface area contributed by atoms with Gasteiger partial charge < -0.3 is 5.73 Å². The van der Waals surface area contributed by atoms with Gasteiger partial charge in [-0.05, 0) is 25.0 Å². The molecular formula is C11H13ClF3N3O4S. The summed E-state index contributed by atoms with van der Waals surface area (Å²) in [6, 6.07) is 1.25. The fourth-order valence-corrected chi connectivity index (χ4v) is 3.01. The van der Waals surface area contributed by atoms with Crippen LogP contribution in [-0.2, 0) is 16.2 Å². The molecule has 1 aromatic rings. The summed E-state index contributed by atoms with van der Waals surface area (Å²) in [7, 11) is -4.33. The lowest BCUT2D eigenvalue weighted by atomic mass is 10.2. The SMILES string of the molecule is Cl.NC1(CNS(=O)(=O)c2ccc(C(F)(F)F)cc2[N+](=O)[O-])CC1. The minimum absolute atomic E-state index is 0. The largest absolute Gasteiger partial charge is 0.416 e. The predicted molar refractivity (Wildman–Crippen MR) is 76.7 cm³/mol. The summed E-state index contributed by atoms with van der Waals surface area (Å²) in [6.07, 6.45) is -3.61. The summed E-state index contributed by atoms with van der Waals surface area (Å²) in [6.45, 7) is -0.131. The van der Waals surface area contributed by atoms with Crippen LogP contribution in [-0.4, -0.2) is 25.4 Å². The molecule has 0 heterocycles. The molecule has 23 heavy (non-hydrogen) atoms. The molecule has 0 bridgehead atoms. The van der Waals surface area contributed by atoms with Gasteiger partial charge in [0.05, 0.1) is 10.5 Å². The van der Waals surface area contributed by atoms with Crippen molar-refractivity contribution in [2.24, 2.45) is 5.73 Å². The van der Waals surface area contributed by atoms with E-state index in [0.717, 1.165) is 0 Å². The summed E-state index contributed by atoms with van der Waals surface area (Å²) < 4.78 is 63.9. The first-order chi connectivity index (χ1) is 9.95. The van der Waals surface area contributed by atoms with Gasteiger partial charge in [-0.15, -0.1) is 12.4 Å². The van der Waals surface area contributed by atoms with Crippen LogP contribution in [0.2, 0.25) is 0 Å². The summed E-state index contributed by atoms with van der Waals surface area (Å²) in [5, 5.41) is 10.9. The Balaban J connectivity index is 0.00000264. The quantitative estimate of drug-likeness (QED) is 0.601. The molecule has 3 N–H and O–H groups in total. The van der Waals surface area contributed by atoms with Gasteiger partial charge in [0.2, 0.25) is 10.0 Å². The molecule has 0 spiro atoms. The topological polar surface area (TPSA) is 115 Å². The molecule has 1 aliphatic rings. The number of halogens is 4. The van der Waals surface area contributed by atoms with Crippen LogP contribution in [0.25, 0.3) is 0 Å². The fourth-order valence-electron chi connectivity index (χ4n) is 1.72. The smallest absolute Gasteiger partial charge is 0.324 e. The molecule has 1 aromatic carbocycles. The number of benzene rings is 1. The zero-order valence-electron chi connectivity index (χ0n) is 11.5. The van der Waals surface area contributed by atoms with E-state index in [4.69, 9.17) is 5.73 Å². The van der Waals surface area contributed by atoms with E-state index in [1.54, 1.807) is 0 Å². The first-order valence-electron chi connectivity index (χ1n) is 6.09. The molecule has 0 atom stereocenters. The van der Waals surface area contributed by atoms with Gasteiger partial charge in [-0.25, -0.2) is 13.1 Å². The van der Waals surface area contributed by atoms with Crippen molar-refractivity contribution in [2.75, 3.05) is 6.54 Å². The molecule has 1 aliphatic carbocycles. The second-order valence-corrected chi connectivity index (χ2v) is 6.86. The zero-order chi connectivity index (χ0) is 16.8. The number of alkyl halides is 3. The normalized spacial score (nSPS) is 16.5. The Morgan fingerprint density at radius 3 is 2.35 bits per heavy atom. The molecule has 0 aliphatic heterocycles. The third-order valence-electron chi connectivity index (χ3n) is 3.28. The third kappa shape index (κ3) is 4.53. The maximum atomic E-state index is 12.6. The lowest BCUT2D eigenvalue weighted by Crippen LogP contribution is -2.39.